The molecule has 0 spiro atoms. The Kier molecular flexibility index (Phi) is 10.3. The molecule has 6 nitrogen and oxygen atoms in total. The number of halogens is 2. The largest absolute Gasteiger partial charge is 2.00 e. The van der Waals surface area contributed by atoms with Gasteiger partial charge in [0, 0.05) is 8.95 Å². The molecule has 0 saturated carbocycles. The Morgan fingerprint density at radius 1 is 0.696 bits per heavy atom. The van der Waals surface area contributed by atoms with Crippen molar-refractivity contribution in [1.29, 1.82) is 0 Å². The predicted octanol–water partition coefficient (Wildman–Crippen LogP) is 2.33. The van der Waals surface area contributed by atoms with E-state index < -0.39 is 20.2 Å². The Hall–Kier alpha value is 0.701. The van der Waals surface area contributed by atoms with Gasteiger partial charge in [0.15, 0.2) is 0 Å². The molecule has 0 atom stereocenters. The Morgan fingerprint density at radius 3 is 1.17 bits per heavy atom. The van der Waals surface area contributed by atoms with Gasteiger partial charge in [-0.1, -0.05) is 44.0 Å². The van der Waals surface area contributed by atoms with Gasteiger partial charge >= 0.3 is 45.5 Å². The predicted molar refractivity (Wildman–Crippen MR) is 90.0 cm³/mol. The summed E-state index contributed by atoms with van der Waals surface area (Å²) in [6.45, 7) is 0. The zero-order valence-corrected chi connectivity index (χ0v) is 19.6. The summed E-state index contributed by atoms with van der Waals surface area (Å²) in [6.07, 6.45) is 0. The number of hydrogen-bond donors (Lipinski definition) is 0. The van der Waals surface area contributed by atoms with E-state index in [1.54, 1.807) is 12.1 Å². The third-order valence-corrected chi connectivity index (χ3v) is 4.82. The van der Waals surface area contributed by atoms with Gasteiger partial charge in [-0.05, 0) is 36.4 Å². The van der Waals surface area contributed by atoms with Gasteiger partial charge in [0.05, 0.1) is 9.79 Å². The molecule has 2 aromatic carbocycles. The van der Waals surface area contributed by atoms with Crippen LogP contribution in [-0.2, 0) is 20.2 Å². The van der Waals surface area contributed by atoms with Crippen LogP contribution in [0.2, 0.25) is 0 Å². The standard InChI is InChI=1S/2C6H5BrO3S.Sr/c2*7-5-2-1-3-6(4-5)11(8,9)10;/h2*1-4H,(H,8,9,10);/q;;+2/p-2. The molecule has 0 radical (unpaired) electrons. The van der Waals surface area contributed by atoms with Crippen molar-refractivity contribution in [3.63, 3.8) is 0 Å². The second-order valence-corrected chi connectivity index (χ2v) is 8.41. The molecule has 0 aliphatic carbocycles. The molecule has 0 unspecified atom stereocenters. The summed E-state index contributed by atoms with van der Waals surface area (Å²) in [5, 5.41) is 0. The molecular weight excluding hydrogens is 552 g/mol. The van der Waals surface area contributed by atoms with Crippen molar-refractivity contribution in [3.8, 4) is 0 Å². The van der Waals surface area contributed by atoms with Crippen LogP contribution in [0.25, 0.3) is 0 Å². The Labute approximate surface area is 188 Å². The second-order valence-electron chi connectivity index (χ2n) is 3.82. The molecule has 120 valence electrons. The van der Waals surface area contributed by atoms with Gasteiger partial charge in [-0.2, -0.15) is 0 Å². The Balaban J connectivity index is 0.000000403. The van der Waals surface area contributed by atoms with Gasteiger partial charge in [0.2, 0.25) is 0 Å². The normalized spacial score (nSPS) is 11.0. The fraction of sp³-hybridized carbons (Fsp3) is 0. The summed E-state index contributed by atoms with van der Waals surface area (Å²) >= 11 is 6.10. The first-order valence-corrected chi connectivity index (χ1v) is 9.83. The zero-order valence-electron chi connectivity index (χ0n) is 11.3. The van der Waals surface area contributed by atoms with Crippen LogP contribution in [0.1, 0.15) is 0 Å². The molecule has 0 aliphatic rings. The average molecular weight is 560 g/mol. The monoisotopic (exact) mass is 558 g/mol. The van der Waals surface area contributed by atoms with Crippen molar-refractivity contribution in [2.45, 2.75) is 9.79 Å². The molecule has 0 fully saturated rings. The van der Waals surface area contributed by atoms with Crippen molar-refractivity contribution in [1.82, 2.24) is 0 Å². The summed E-state index contributed by atoms with van der Waals surface area (Å²) < 4.78 is 63.6. The van der Waals surface area contributed by atoms with Crippen molar-refractivity contribution >= 4 is 97.6 Å². The van der Waals surface area contributed by atoms with Gasteiger partial charge < -0.3 is 9.11 Å². The first kappa shape index (κ1) is 23.7. The van der Waals surface area contributed by atoms with Gasteiger partial charge in [0.1, 0.15) is 20.2 Å². The smallest absolute Gasteiger partial charge is 0.744 e. The molecule has 0 heterocycles. The quantitative estimate of drug-likeness (QED) is 0.412. The van der Waals surface area contributed by atoms with Crippen LogP contribution in [-0.4, -0.2) is 71.4 Å². The van der Waals surface area contributed by atoms with E-state index in [9.17, 15) is 25.9 Å². The van der Waals surface area contributed by atoms with Crippen LogP contribution < -0.4 is 0 Å². The summed E-state index contributed by atoms with van der Waals surface area (Å²) in [6, 6.07) is 11.3. The average Bonchev–Trinajstić information content (AvgIpc) is 2.37. The number of benzene rings is 2. The van der Waals surface area contributed by atoms with Crippen LogP contribution >= 0.6 is 31.9 Å². The van der Waals surface area contributed by atoms with Crippen LogP contribution in [0.15, 0.2) is 67.3 Å². The third kappa shape index (κ3) is 9.10. The summed E-state index contributed by atoms with van der Waals surface area (Å²) in [7, 11) is -8.61. The van der Waals surface area contributed by atoms with Crippen LogP contribution in [0, 0.1) is 0 Å². The molecule has 2 aromatic rings. The van der Waals surface area contributed by atoms with Gasteiger partial charge in [-0.25, -0.2) is 16.8 Å². The van der Waals surface area contributed by atoms with Crippen molar-refractivity contribution in [2.75, 3.05) is 0 Å². The Bertz CT molecular complexity index is 795. The fourth-order valence-corrected chi connectivity index (χ4v) is 3.38. The molecule has 0 amide bonds. The van der Waals surface area contributed by atoms with E-state index >= 15 is 0 Å². The van der Waals surface area contributed by atoms with Gasteiger partial charge in [0.25, 0.3) is 0 Å². The Morgan fingerprint density at radius 2 is 1.00 bits per heavy atom. The molecular formula is C12H8Br2O6S2Sr. The minimum absolute atomic E-state index is 0. The minimum Gasteiger partial charge on any atom is -0.744 e. The molecule has 0 aromatic heterocycles. The van der Waals surface area contributed by atoms with Crippen LogP contribution in [0.5, 0.6) is 0 Å². The molecule has 11 heteroatoms. The summed E-state index contributed by atoms with van der Waals surface area (Å²) in [5.41, 5.74) is 0. The first-order valence-electron chi connectivity index (χ1n) is 5.43. The van der Waals surface area contributed by atoms with E-state index in [2.05, 4.69) is 31.9 Å². The molecule has 23 heavy (non-hydrogen) atoms. The van der Waals surface area contributed by atoms with Gasteiger partial charge in [-0.3, -0.25) is 0 Å². The van der Waals surface area contributed by atoms with E-state index in [0.29, 0.717) is 8.95 Å². The molecule has 0 aliphatic heterocycles. The van der Waals surface area contributed by atoms with E-state index in [0.717, 1.165) is 0 Å². The maximum atomic E-state index is 10.4. The third-order valence-electron chi connectivity index (χ3n) is 2.17. The zero-order chi connectivity index (χ0) is 17.0. The topological polar surface area (TPSA) is 114 Å². The van der Waals surface area contributed by atoms with Crippen molar-refractivity contribution in [2.24, 2.45) is 0 Å². The van der Waals surface area contributed by atoms with E-state index in [1.165, 1.54) is 36.4 Å². The molecule has 0 N–H and O–H groups in total. The summed E-state index contributed by atoms with van der Waals surface area (Å²) in [4.78, 5) is -0.432. The molecule has 0 bridgehead atoms. The van der Waals surface area contributed by atoms with E-state index in [1.807, 2.05) is 0 Å². The molecule has 2 rings (SSSR count). The SMILES string of the molecule is O=S(=O)([O-])c1cccc(Br)c1.O=S(=O)([O-])c1cccc(Br)c1.[Sr+2]. The second kappa shape index (κ2) is 10.00. The van der Waals surface area contributed by atoms with Crippen LogP contribution in [0.3, 0.4) is 0 Å². The fourth-order valence-electron chi connectivity index (χ4n) is 1.25. The number of hydrogen-bond acceptors (Lipinski definition) is 6. The molecule has 0 saturated heterocycles. The van der Waals surface area contributed by atoms with Crippen molar-refractivity contribution in [3.05, 3.63) is 57.5 Å². The van der Waals surface area contributed by atoms with E-state index in [4.69, 9.17) is 0 Å². The minimum atomic E-state index is -4.31. The maximum absolute atomic E-state index is 10.4. The van der Waals surface area contributed by atoms with E-state index in [-0.39, 0.29) is 55.3 Å². The maximum Gasteiger partial charge on any atom is 2.00 e. The van der Waals surface area contributed by atoms with Crippen molar-refractivity contribution < 1.29 is 25.9 Å². The number of rotatable bonds is 2. The summed E-state index contributed by atoms with van der Waals surface area (Å²) in [5.74, 6) is 0. The first-order chi connectivity index (χ1) is 10.00. The van der Waals surface area contributed by atoms with Gasteiger partial charge in [-0.15, -0.1) is 0 Å². The van der Waals surface area contributed by atoms with Crippen LogP contribution in [0.4, 0.5) is 0 Å².